The predicted molar refractivity (Wildman–Crippen MR) is 118 cm³/mol. The highest BCUT2D eigenvalue weighted by molar-refractivity contribution is 5.79. The molecule has 3 rings (SSSR count). The number of benzene rings is 3. The van der Waals surface area contributed by atoms with Crippen LogP contribution in [0.4, 0.5) is 0 Å². The van der Waals surface area contributed by atoms with E-state index in [1.807, 2.05) is 48.5 Å². The van der Waals surface area contributed by atoms with Crippen LogP contribution in [0.3, 0.4) is 0 Å². The molecule has 3 aromatic rings. The van der Waals surface area contributed by atoms with Crippen LogP contribution in [0.2, 0.25) is 0 Å². The van der Waals surface area contributed by atoms with Crippen LogP contribution in [0.25, 0.3) is 22.3 Å². The maximum atomic E-state index is 8.72. The molecule has 0 aliphatic heterocycles. The summed E-state index contributed by atoms with van der Waals surface area (Å²) in [4.78, 5) is 0. The Kier molecular flexibility index (Phi) is 6.40. The average molecular weight is 396 g/mol. The first-order valence-electron chi connectivity index (χ1n) is 9.95. The second kappa shape index (κ2) is 9.16. The number of ether oxygens (including phenoxy) is 2. The maximum absolute atomic E-state index is 8.72. The van der Waals surface area contributed by atoms with Crippen molar-refractivity contribution in [2.45, 2.75) is 39.5 Å². The number of rotatable bonds is 6. The smallest absolute Gasteiger partial charge is 0.292 e. The molecule has 0 radical (unpaired) electrons. The second-order valence-electron chi connectivity index (χ2n) is 7.77. The lowest BCUT2D eigenvalue weighted by atomic mass is 9.83. The van der Waals surface area contributed by atoms with Crippen molar-refractivity contribution in [3.05, 3.63) is 71.8 Å². The van der Waals surface area contributed by atoms with E-state index in [9.17, 15) is 0 Å². The molecular formula is C26H24N2O2. The summed E-state index contributed by atoms with van der Waals surface area (Å²) in [6.07, 6.45) is 3.41. The van der Waals surface area contributed by atoms with Gasteiger partial charge in [0, 0.05) is 0 Å². The van der Waals surface area contributed by atoms with Crippen molar-refractivity contribution in [2.24, 2.45) is 0 Å². The third-order valence-corrected chi connectivity index (χ3v) is 5.12. The molecule has 3 aromatic carbocycles. The van der Waals surface area contributed by atoms with E-state index >= 15 is 0 Å². The Labute approximate surface area is 177 Å². The molecule has 0 atom stereocenters. The number of hydrogen-bond acceptors (Lipinski definition) is 4. The molecular weight excluding hydrogens is 372 g/mol. The fraction of sp³-hybridized carbons (Fsp3) is 0.231. The molecule has 0 spiro atoms. The lowest BCUT2D eigenvalue weighted by Gasteiger charge is -2.21. The minimum Gasteiger partial charge on any atom is -0.388 e. The molecule has 4 heteroatoms. The van der Waals surface area contributed by atoms with Crippen molar-refractivity contribution >= 4 is 0 Å². The minimum absolute atomic E-state index is 0.355. The first-order valence-corrected chi connectivity index (χ1v) is 9.95. The van der Waals surface area contributed by atoms with E-state index in [4.69, 9.17) is 20.0 Å². The topological polar surface area (TPSA) is 66.0 Å². The quantitative estimate of drug-likeness (QED) is 0.421. The Bertz CT molecular complexity index is 1010. The summed E-state index contributed by atoms with van der Waals surface area (Å²) in [6.45, 7) is 8.79. The minimum atomic E-state index is 0.355. The Morgan fingerprint density at radius 2 is 0.967 bits per heavy atom. The van der Waals surface area contributed by atoms with Crippen molar-refractivity contribution in [2.75, 3.05) is 0 Å². The SMILES string of the molecule is CC(C)c1cc(C(C)C)c(-c2ccc(OC#N)cc2)cc1-c1ccc(OC#N)cc1. The van der Waals surface area contributed by atoms with Crippen LogP contribution in [0.5, 0.6) is 11.5 Å². The van der Waals surface area contributed by atoms with Crippen LogP contribution in [-0.4, -0.2) is 0 Å². The van der Waals surface area contributed by atoms with Gasteiger partial charge in [0.1, 0.15) is 11.5 Å². The number of hydrogen-bond donors (Lipinski definition) is 0. The molecule has 150 valence electrons. The lowest BCUT2D eigenvalue weighted by molar-refractivity contribution is 0.507. The van der Waals surface area contributed by atoms with E-state index in [-0.39, 0.29) is 0 Å². The Hall–Kier alpha value is -3.76. The third kappa shape index (κ3) is 4.45. The Morgan fingerprint density at radius 1 is 0.600 bits per heavy atom. The van der Waals surface area contributed by atoms with E-state index in [1.165, 1.54) is 11.1 Å². The van der Waals surface area contributed by atoms with Gasteiger partial charge in [0.25, 0.3) is 12.5 Å². The van der Waals surface area contributed by atoms with Gasteiger partial charge in [-0.3, -0.25) is 0 Å². The van der Waals surface area contributed by atoms with Crippen LogP contribution in [0.1, 0.15) is 50.7 Å². The normalized spacial score (nSPS) is 10.5. The third-order valence-electron chi connectivity index (χ3n) is 5.12. The van der Waals surface area contributed by atoms with Gasteiger partial charge in [-0.1, -0.05) is 58.0 Å². The highest BCUT2D eigenvalue weighted by Gasteiger charge is 2.17. The summed E-state index contributed by atoms with van der Waals surface area (Å²) in [5, 5.41) is 17.4. The Balaban J connectivity index is 2.17. The molecule has 0 aliphatic carbocycles. The van der Waals surface area contributed by atoms with E-state index in [2.05, 4.69) is 39.8 Å². The molecule has 0 unspecified atom stereocenters. The Morgan fingerprint density at radius 3 is 1.27 bits per heavy atom. The van der Waals surface area contributed by atoms with Gasteiger partial charge in [-0.25, -0.2) is 0 Å². The molecule has 0 amide bonds. The summed E-state index contributed by atoms with van der Waals surface area (Å²) >= 11 is 0. The average Bonchev–Trinajstić information content (AvgIpc) is 2.74. The standard InChI is InChI=1S/C26H24N2O2/c1-17(2)23-13-24(18(3)4)26(20-7-11-22(12-8-20)30-16-28)14-25(23)19-5-9-21(10-6-19)29-15-27/h5-14,17-18H,1-4H3. The first-order chi connectivity index (χ1) is 14.4. The van der Waals surface area contributed by atoms with Crippen LogP contribution < -0.4 is 9.47 Å². The van der Waals surface area contributed by atoms with Gasteiger partial charge in [0.15, 0.2) is 0 Å². The van der Waals surface area contributed by atoms with Gasteiger partial charge >= 0.3 is 0 Å². The molecule has 0 aromatic heterocycles. The first kappa shape index (κ1) is 21.0. The van der Waals surface area contributed by atoms with Crippen molar-refractivity contribution in [3.63, 3.8) is 0 Å². The second-order valence-corrected chi connectivity index (χ2v) is 7.77. The van der Waals surface area contributed by atoms with Gasteiger partial charge in [0.05, 0.1) is 0 Å². The molecule has 0 heterocycles. The summed E-state index contributed by atoms with van der Waals surface area (Å²) in [6, 6.07) is 19.7. The molecule has 30 heavy (non-hydrogen) atoms. The van der Waals surface area contributed by atoms with Crippen molar-refractivity contribution in [1.82, 2.24) is 0 Å². The van der Waals surface area contributed by atoms with Crippen LogP contribution in [0, 0.1) is 23.0 Å². The lowest BCUT2D eigenvalue weighted by Crippen LogP contribution is -2.00. The van der Waals surface area contributed by atoms with Gasteiger partial charge in [-0.2, -0.15) is 0 Å². The number of nitrogens with zero attached hydrogens (tertiary/aromatic N) is 2. The van der Waals surface area contributed by atoms with Gasteiger partial charge in [-0.15, -0.1) is 10.5 Å². The molecule has 0 saturated heterocycles. The van der Waals surface area contributed by atoms with E-state index in [0.29, 0.717) is 23.3 Å². The van der Waals surface area contributed by atoms with E-state index < -0.39 is 0 Å². The van der Waals surface area contributed by atoms with Gasteiger partial charge < -0.3 is 9.47 Å². The largest absolute Gasteiger partial charge is 0.388 e. The highest BCUT2D eigenvalue weighted by Crippen LogP contribution is 2.39. The van der Waals surface area contributed by atoms with Crippen LogP contribution in [-0.2, 0) is 0 Å². The maximum Gasteiger partial charge on any atom is 0.292 e. The molecule has 0 aliphatic rings. The summed E-state index contributed by atoms with van der Waals surface area (Å²) < 4.78 is 9.84. The zero-order valence-electron chi connectivity index (χ0n) is 17.6. The molecule has 0 fully saturated rings. The molecule has 0 bridgehead atoms. The molecule has 4 nitrogen and oxygen atoms in total. The predicted octanol–water partition coefficient (Wildman–Crippen LogP) is 6.99. The van der Waals surface area contributed by atoms with Crippen molar-refractivity contribution in [3.8, 4) is 46.3 Å². The molecule has 0 N–H and O–H groups in total. The summed E-state index contributed by atoms with van der Waals surface area (Å²) in [5.74, 6) is 1.76. The van der Waals surface area contributed by atoms with Gasteiger partial charge in [0.2, 0.25) is 0 Å². The van der Waals surface area contributed by atoms with Crippen LogP contribution in [0.15, 0.2) is 60.7 Å². The number of nitriles is 2. The van der Waals surface area contributed by atoms with Crippen molar-refractivity contribution in [1.29, 1.82) is 10.5 Å². The van der Waals surface area contributed by atoms with Gasteiger partial charge in [-0.05, 0) is 75.5 Å². The van der Waals surface area contributed by atoms with Crippen molar-refractivity contribution < 1.29 is 9.47 Å². The fourth-order valence-electron chi connectivity index (χ4n) is 3.60. The summed E-state index contributed by atoms with van der Waals surface area (Å²) in [5.41, 5.74) is 7.02. The molecule has 0 saturated carbocycles. The highest BCUT2D eigenvalue weighted by atomic mass is 16.5. The zero-order valence-corrected chi connectivity index (χ0v) is 17.6. The van der Waals surface area contributed by atoms with Crippen LogP contribution >= 0.6 is 0 Å². The van der Waals surface area contributed by atoms with E-state index in [1.54, 1.807) is 12.5 Å². The summed E-state index contributed by atoms with van der Waals surface area (Å²) in [7, 11) is 0. The monoisotopic (exact) mass is 396 g/mol. The fourth-order valence-corrected chi connectivity index (χ4v) is 3.60. The zero-order chi connectivity index (χ0) is 21.7. The van der Waals surface area contributed by atoms with E-state index in [0.717, 1.165) is 22.3 Å².